The van der Waals surface area contributed by atoms with Crippen LogP contribution in [0.15, 0.2) is 0 Å². The molecule has 1 radical (unpaired) electrons. The molecule has 1 aliphatic heterocycles. The summed E-state index contributed by atoms with van der Waals surface area (Å²) in [5.41, 5.74) is 0. The van der Waals surface area contributed by atoms with Crippen molar-refractivity contribution in [3.8, 4) is 0 Å². The number of ether oxygens (including phenoxy) is 1. The normalized spacial score (nSPS) is 23.5. The molecule has 0 spiro atoms. The number of nitrogens with zero attached hydrogens (tertiary/aromatic N) is 1. The second kappa shape index (κ2) is 4.73. The minimum Gasteiger partial charge on any atom is -0.358 e. The summed E-state index contributed by atoms with van der Waals surface area (Å²) in [6.45, 7) is 8.23. The Morgan fingerprint density at radius 3 is 2.45 bits per heavy atom. The summed E-state index contributed by atoms with van der Waals surface area (Å²) in [7, 11) is 0. The van der Waals surface area contributed by atoms with Crippen molar-refractivity contribution in [1.29, 1.82) is 0 Å². The first-order chi connectivity index (χ1) is 5.34. The maximum atomic E-state index is 5.38. The van der Waals surface area contributed by atoms with Gasteiger partial charge in [-0.15, -0.1) is 0 Å². The van der Waals surface area contributed by atoms with Crippen LogP contribution in [0.5, 0.6) is 0 Å². The number of hydrogen-bond donors (Lipinski definition) is 0. The van der Waals surface area contributed by atoms with Gasteiger partial charge in [0.05, 0.1) is 6.61 Å². The van der Waals surface area contributed by atoms with Crippen molar-refractivity contribution >= 4 is 0 Å². The summed E-state index contributed by atoms with van der Waals surface area (Å²) in [6, 6.07) is 0. The molecule has 2 heteroatoms. The second-order valence-corrected chi connectivity index (χ2v) is 3.07. The van der Waals surface area contributed by atoms with Crippen molar-refractivity contribution in [2.24, 2.45) is 0 Å². The molecule has 0 amide bonds. The van der Waals surface area contributed by atoms with Gasteiger partial charge in [0.25, 0.3) is 0 Å². The lowest BCUT2D eigenvalue weighted by Crippen LogP contribution is -2.38. The van der Waals surface area contributed by atoms with Crippen molar-refractivity contribution in [3.05, 3.63) is 6.61 Å². The predicted molar refractivity (Wildman–Crippen MR) is 45.9 cm³/mol. The number of rotatable bonds is 3. The molecule has 0 aromatic rings. The minimum absolute atomic E-state index is 0.278. The number of likely N-dealkylation sites (tertiary alicyclic amines) is 1. The Bertz CT molecular complexity index is 99.7. The van der Waals surface area contributed by atoms with Crippen LogP contribution in [-0.2, 0) is 4.74 Å². The van der Waals surface area contributed by atoms with Gasteiger partial charge >= 0.3 is 0 Å². The Labute approximate surface area is 69.5 Å². The molecule has 1 unspecified atom stereocenters. The van der Waals surface area contributed by atoms with Crippen LogP contribution < -0.4 is 0 Å². The van der Waals surface area contributed by atoms with Crippen molar-refractivity contribution in [1.82, 2.24) is 4.90 Å². The standard InChI is InChI=1S/C9H18NO/c1-3-11-9(2)10-7-5-4-6-8-10/h3,9H,4-8H2,1-2H3. The van der Waals surface area contributed by atoms with Crippen LogP contribution >= 0.6 is 0 Å². The largest absolute Gasteiger partial charge is 0.358 e. The molecular formula is C9H18NO. The van der Waals surface area contributed by atoms with Crippen LogP contribution in [0, 0.1) is 6.61 Å². The zero-order valence-electron chi connectivity index (χ0n) is 7.55. The molecule has 1 fully saturated rings. The van der Waals surface area contributed by atoms with Crippen LogP contribution in [0.3, 0.4) is 0 Å². The molecule has 1 heterocycles. The fourth-order valence-corrected chi connectivity index (χ4v) is 1.56. The third-order valence-electron chi connectivity index (χ3n) is 2.24. The van der Waals surface area contributed by atoms with Crippen molar-refractivity contribution < 1.29 is 4.74 Å². The van der Waals surface area contributed by atoms with Gasteiger partial charge in [0.2, 0.25) is 0 Å². The quantitative estimate of drug-likeness (QED) is 0.620. The fourth-order valence-electron chi connectivity index (χ4n) is 1.56. The van der Waals surface area contributed by atoms with Gasteiger partial charge in [-0.05, 0) is 26.7 Å². The average molecular weight is 156 g/mol. The highest BCUT2D eigenvalue weighted by molar-refractivity contribution is 4.66. The Balaban J connectivity index is 2.21. The summed E-state index contributed by atoms with van der Waals surface area (Å²) < 4.78 is 5.38. The second-order valence-electron chi connectivity index (χ2n) is 3.07. The maximum Gasteiger partial charge on any atom is 0.108 e. The van der Waals surface area contributed by atoms with E-state index in [0.717, 1.165) is 0 Å². The van der Waals surface area contributed by atoms with Gasteiger partial charge in [-0.25, -0.2) is 0 Å². The van der Waals surface area contributed by atoms with Crippen LogP contribution in [-0.4, -0.2) is 24.2 Å². The van der Waals surface area contributed by atoms with E-state index in [1.165, 1.54) is 32.4 Å². The van der Waals surface area contributed by atoms with Gasteiger partial charge in [-0.1, -0.05) is 6.42 Å². The lowest BCUT2D eigenvalue weighted by Gasteiger charge is -2.31. The minimum atomic E-state index is 0.278. The highest BCUT2D eigenvalue weighted by atomic mass is 16.5. The fraction of sp³-hybridized carbons (Fsp3) is 0.889. The molecule has 11 heavy (non-hydrogen) atoms. The van der Waals surface area contributed by atoms with Gasteiger partial charge in [0, 0.05) is 13.1 Å². The van der Waals surface area contributed by atoms with Crippen LogP contribution in [0.25, 0.3) is 0 Å². The van der Waals surface area contributed by atoms with E-state index in [-0.39, 0.29) is 6.23 Å². The van der Waals surface area contributed by atoms with Gasteiger partial charge in [0.15, 0.2) is 0 Å². The first-order valence-electron chi connectivity index (χ1n) is 4.52. The SMILES string of the molecule is C[CH]OC(C)N1CCCCC1. The molecule has 0 saturated carbocycles. The summed E-state index contributed by atoms with van der Waals surface area (Å²) in [6.07, 6.45) is 4.33. The molecule has 1 rings (SSSR count). The maximum absolute atomic E-state index is 5.38. The van der Waals surface area contributed by atoms with Gasteiger partial charge in [-0.3, -0.25) is 4.90 Å². The first kappa shape index (κ1) is 9.01. The molecule has 65 valence electrons. The zero-order chi connectivity index (χ0) is 8.10. The van der Waals surface area contributed by atoms with Gasteiger partial charge in [0.1, 0.15) is 6.23 Å². The summed E-state index contributed by atoms with van der Waals surface area (Å²) in [4.78, 5) is 2.39. The monoisotopic (exact) mass is 156 g/mol. The molecule has 1 aliphatic rings. The Morgan fingerprint density at radius 1 is 1.27 bits per heavy atom. The molecule has 0 N–H and O–H groups in total. The Morgan fingerprint density at radius 2 is 1.91 bits per heavy atom. The smallest absolute Gasteiger partial charge is 0.108 e. The molecule has 0 bridgehead atoms. The molecule has 2 nitrogen and oxygen atoms in total. The third-order valence-corrected chi connectivity index (χ3v) is 2.24. The lowest BCUT2D eigenvalue weighted by atomic mass is 10.1. The van der Waals surface area contributed by atoms with E-state index < -0.39 is 0 Å². The first-order valence-corrected chi connectivity index (χ1v) is 4.52. The third kappa shape index (κ3) is 2.80. The molecule has 0 aromatic heterocycles. The van der Waals surface area contributed by atoms with Crippen molar-refractivity contribution in [3.63, 3.8) is 0 Å². The van der Waals surface area contributed by atoms with Crippen LogP contribution in [0.1, 0.15) is 33.1 Å². The molecular weight excluding hydrogens is 138 g/mol. The topological polar surface area (TPSA) is 12.5 Å². The van der Waals surface area contributed by atoms with Gasteiger partial charge < -0.3 is 4.74 Å². The average Bonchev–Trinajstić information content (AvgIpc) is 2.07. The summed E-state index contributed by atoms with van der Waals surface area (Å²) in [5.74, 6) is 0. The van der Waals surface area contributed by atoms with E-state index in [9.17, 15) is 0 Å². The zero-order valence-corrected chi connectivity index (χ0v) is 7.55. The van der Waals surface area contributed by atoms with Gasteiger partial charge in [-0.2, -0.15) is 0 Å². The molecule has 0 aliphatic carbocycles. The lowest BCUT2D eigenvalue weighted by molar-refractivity contribution is -0.0235. The van der Waals surface area contributed by atoms with E-state index in [1.54, 1.807) is 6.61 Å². The highest BCUT2D eigenvalue weighted by Gasteiger charge is 2.15. The van der Waals surface area contributed by atoms with Crippen molar-refractivity contribution in [2.75, 3.05) is 13.1 Å². The summed E-state index contributed by atoms with van der Waals surface area (Å²) in [5, 5.41) is 0. The van der Waals surface area contributed by atoms with Crippen LogP contribution in [0.2, 0.25) is 0 Å². The van der Waals surface area contributed by atoms with E-state index in [1.807, 2.05) is 6.92 Å². The number of piperidine rings is 1. The van der Waals surface area contributed by atoms with Crippen molar-refractivity contribution in [2.45, 2.75) is 39.3 Å². The Kier molecular flexibility index (Phi) is 3.87. The molecule has 1 saturated heterocycles. The number of hydrogen-bond acceptors (Lipinski definition) is 2. The van der Waals surface area contributed by atoms with E-state index in [2.05, 4.69) is 11.8 Å². The predicted octanol–water partition coefficient (Wildman–Crippen LogP) is 2.02. The van der Waals surface area contributed by atoms with Crippen LogP contribution in [0.4, 0.5) is 0 Å². The summed E-state index contributed by atoms with van der Waals surface area (Å²) >= 11 is 0. The van der Waals surface area contributed by atoms with E-state index >= 15 is 0 Å². The Hall–Kier alpha value is -0.0800. The highest BCUT2D eigenvalue weighted by Crippen LogP contribution is 2.12. The van der Waals surface area contributed by atoms with E-state index in [4.69, 9.17) is 4.74 Å². The van der Waals surface area contributed by atoms with E-state index in [0.29, 0.717) is 0 Å². The molecule has 1 atom stereocenters. The molecule has 0 aromatic carbocycles.